The minimum atomic E-state index is 0.331. The fourth-order valence-corrected chi connectivity index (χ4v) is 2.37. The second-order valence-electron chi connectivity index (χ2n) is 3.37. The predicted molar refractivity (Wildman–Crippen MR) is 65.2 cm³/mol. The molecule has 0 aliphatic rings. The summed E-state index contributed by atoms with van der Waals surface area (Å²) in [5, 5.41) is 8.36. The van der Waals surface area contributed by atoms with Crippen molar-refractivity contribution < 1.29 is 0 Å². The molecule has 3 rings (SSSR count). The Balaban J connectivity index is 2.36. The summed E-state index contributed by atoms with van der Waals surface area (Å²) >= 11 is 7.32. The van der Waals surface area contributed by atoms with E-state index in [0.29, 0.717) is 22.8 Å². The summed E-state index contributed by atoms with van der Waals surface area (Å²) in [6, 6.07) is 3.59. The van der Waals surface area contributed by atoms with Gasteiger partial charge < -0.3 is 5.73 Å². The summed E-state index contributed by atoms with van der Waals surface area (Å²) in [7, 11) is 0. The number of benzene rings is 1. The molecule has 0 spiro atoms. The quantitative estimate of drug-likeness (QED) is 0.758. The maximum atomic E-state index is 6.19. The Kier molecular flexibility index (Phi) is 2.50. The number of nitrogens with two attached hydrogens (primary N) is 1. The average Bonchev–Trinajstić information content (AvgIpc) is 2.96. The molecular formula is C9H7ClN6S. The van der Waals surface area contributed by atoms with E-state index in [0.717, 1.165) is 22.9 Å². The van der Waals surface area contributed by atoms with Crippen molar-refractivity contribution in [2.75, 3.05) is 0 Å². The molecule has 0 bridgehead atoms. The van der Waals surface area contributed by atoms with Crippen molar-refractivity contribution in [1.82, 2.24) is 23.7 Å². The van der Waals surface area contributed by atoms with Crippen LogP contribution in [0.3, 0.4) is 0 Å². The van der Waals surface area contributed by atoms with E-state index in [2.05, 4.69) is 19.1 Å². The van der Waals surface area contributed by atoms with Gasteiger partial charge in [0, 0.05) is 6.54 Å². The van der Waals surface area contributed by atoms with Gasteiger partial charge in [-0.15, -0.1) is 5.10 Å². The maximum Gasteiger partial charge on any atom is 0.132 e. The van der Waals surface area contributed by atoms with Gasteiger partial charge in [-0.3, -0.25) is 0 Å². The van der Waals surface area contributed by atoms with Crippen LogP contribution in [-0.4, -0.2) is 23.7 Å². The highest BCUT2D eigenvalue weighted by atomic mass is 35.5. The fraction of sp³-hybridized carbons (Fsp3) is 0.111. The van der Waals surface area contributed by atoms with E-state index in [1.165, 1.54) is 0 Å². The van der Waals surface area contributed by atoms with E-state index in [1.54, 1.807) is 16.9 Å². The smallest absolute Gasteiger partial charge is 0.132 e. The van der Waals surface area contributed by atoms with Crippen LogP contribution in [0.1, 0.15) is 5.69 Å². The molecule has 0 amide bonds. The van der Waals surface area contributed by atoms with Gasteiger partial charge in [-0.2, -0.15) is 8.75 Å². The molecule has 2 aromatic heterocycles. The Morgan fingerprint density at radius 2 is 2.24 bits per heavy atom. The third kappa shape index (κ3) is 1.59. The van der Waals surface area contributed by atoms with Gasteiger partial charge in [-0.05, 0) is 12.1 Å². The Bertz CT molecular complexity index is 675. The van der Waals surface area contributed by atoms with Crippen molar-refractivity contribution in [1.29, 1.82) is 0 Å². The van der Waals surface area contributed by atoms with Crippen molar-refractivity contribution in [2.45, 2.75) is 6.54 Å². The molecule has 8 heteroatoms. The molecule has 0 unspecified atom stereocenters. The molecule has 2 N–H and O–H groups in total. The molecule has 3 aromatic rings. The Morgan fingerprint density at radius 3 is 3.06 bits per heavy atom. The van der Waals surface area contributed by atoms with Gasteiger partial charge in [0.1, 0.15) is 16.7 Å². The number of fused-ring (bicyclic) bond motifs is 1. The zero-order valence-electron chi connectivity index (χ0n) is 8.54. The number of hydrogen-bond acceptors (Lipinski definition) is 6. The maximum absolute atomic E-state index is 6.19. The largest absolute Gasteiger partial charge is 0.325 e. The van der Waals surface area contributed by atoms with Crippen molar-refractivity contribution in [3.05, 3.63) is 29.0 Å². The van der Waals surface area contributed by atoms with E-state index >= 15 is 0 Å². The molecule has 0 saturated heterocycles. The zero-order valence-corrected chi connectivity index (χ0v) is 10.1. The number of aromatic nitrogens is 5. The van der Waals surface area contributed by atoms with Crippen LogP contribution in [0.15, 0.2) is 18.3 Å². The van der Waals surface area contributed by atoms with E-state index in [9.17, 15) is 0 Å². The number of hydrogen-bond donors (Lipinski definition) is 1. The summed E-state index contributed by atoms with van der Waals surface area (Å²) < 4.78 is 10.00. The van der Waals surface area contributed by atoms with Crippen LogP contribution in [0.25, 0.3) is 16.7 Å². The molecule has 6 nitrogen and oxygen atoms in total. The van der Waals surface area contributed by atoms with Crippen molar-refractivity contribution in [3.63, 3.8) is 0 Å². The van der Waals surface area contributed by atoms with Crippen LogP contribution in [-0.2, 0) is 6.54 Å². The molecule has 0 atom stereocenters. The molecule has 0 saturated carbocycles. The molecule has 0 aliphatic carbocycles. The highest BCUT2D eigenvalue weighted by Crippen LogP contribution is 2.28. The van der Waals surface area contributed by atoms with Gasteiger partial charge in [0.25, 0.3) is 0 Å². The molecule has 1 aromatic carbocycles. The predicted octanol–water partition coefficient (Wildman–Crippen LogP) is 1.38. The zero-order chi connectivity index (χ0) is 11.8. The molecular weight excluding hydrogens is 260 g/mol. The van der Waals surface area contributed by atoms with Crippen LogP contribution in [0.5, 0.6) is 0 Å². The lowest BCUT2D eigenvalue weighted by Gasteiger charge is -2.06. The van der Waals surface area contributed by atoms with Crippen molar-refractivity contribution in [3.8, 4) is 5.69 Å². The first-order valence-corrected chi connectivity index (χ1v) is 5.93. The van der Waals surface area contributed by atoms with Crippen LogP contribution >= 0.6 is 23.3 Å². The first kappa shape index (κ1) is 10.6. The molecule has 17 heavy (non-hydrogen) atoms. The third-order valence-corrected chi connectivity index (χ3v) is 3.24. The summed E-state index contributed by atoms with van der Waals surface area (Å²) in [4.78, 5) is 0. The molecule has 0 fully saturated rings. The number of rotatable bonds is 2. The molecule has 0 radical (unpaired) electrons. The van der Waals surface area contributed by atoms with E-state index in [4.69, 9.17) is 17.3 Å². The first-order chi connectivity index (χ1) is 8.31. The standard InChI is InChI=1S/C9H7ClN6S/c10-6-1-2-7-8(14-17-13-7)9(6)16-5(3-11)4-12-15-16/h1-2,4H,3,11H2. The van der Waals surface area contributed by atoms with Crippen molar-refractivity contribution >= 4 is 34.4 Å². The monoisotopic (exact) mass is 266 g/mol. The minimum absolute atomic E-state index is 0.331. The van der Waals surface area contributed by atoms with Crippen LogP contribution in [0.4, 0.5) is 0 Å². The topological polar surface area (TPSA) is 82.5 Å². The van der Waals surface area contributed by atoms with Gasteiger partial charge in [-0.1, -0.05) is 16.8 Å². The lowest BCUT2D eigenvalue weighted by atomic mass is 10.2. The van der Waals surface area contributed by atoms with Gasteiger partial charge in [0.05, 0.1) is 28.6 Å². The fourth-order valence-electron chi connectivity index (χ4n) is 1.60. The van der Waals surface area contributed by atoms with E-state index < -0.39 is 0 Å². The second kappa shape index (κ2) is 4.02. The highest BCUT2D eigenvalue weighted by Gasteiger charge is 2.15. The minimum Gasteiger partial charge on any atom is -0.325 e. The lowest BCUT2D eigenvalue weighted by molar-refractivity contribution is 0.765. The SMILES string of the molecule is NCc1cnnn1-c1c(Cl)ccc2nsnc12. The van der Waals surface area contributed by atoms with Crippen LogP contribution in [0, 0.1) is 0 Å². The lowest BCUT2D eigenvalue weighted by Crippen LogP contribution is -2.08. The second-order valence-corrected chi connectivity index (χ2v) is 4.30. The highest BCUT2D eigenvalue weighted by molar-refractivity contribution is 7.00. The van der Waals surface area contributed by atoms with Crippen LogP contribution < -0.4 is 5.73 Å². The van der Waals surface area contributed by atoms with Gasteiger partial charge in [0.2, 0.25) is 0 Å². The van der Waals surface area contributed by atoms with Crippen LogP contribution in [0.2, 0.25) is 5.02 Å². The van der Waals surface area contributed by atoms with Gasteiger partial charge in [0.15, 0.2) is 0 Å². The van der Waals surface area contributed by atoms with Crippen molar-refractivity contribution in [2.24, 2.45) is 5.73 Å². The van der Waals surface area contributed by atoms with Gasteiger partial charge in [-0.25, -0.2) is 4.68 Å². The summed E-state index contributed by atoms with van der Waals surface area (Å²) in [5.74, 6) is 0. The normalized spacial score (nSPS) is 11.2. The summed E-state index contributed by atoms with van der Waals surface area (Å²) in [6.45, 7) is 0.331. The Morgan fingerprint density at radius 1 is 1.35 bits per heavy atom. The third-order valence-electron chi connectivity index (χ3n) is 2.39. The number of nitrogens with zero attached hydrogens (tertiary/aromatic N) is 5. The number of halogens is 1. The summed E-state index contributed by atoms with van der Waals surface area (Å²) in [6.07, 6.45) is 1.61. The Labute approximate surface area is 105 Å². The molecule has 86 valence electrons. The average molecular weight is 267 g/mol. The van der Waals surface area contributed by atoms with E-state index in [-0.39, 0.29) is 0 Å². The first-order valence-electron chi connectivity index (χ1n) is 4.82. The molecule has 0 aliphatic heterocycles. The summed E-state index contributed by atoms with van der Waals surface area (Å²) in [5.41, 5.74) is 8.57. The Hall–Kier alpha value is -1.57. The molecule has 2 heterocycles. The van der Waals surface area contributed by atoms with E-state index in [1.807, 2.05) is 6.07 Å². The van der Waals surface area contributed by atoms with Gasteiger partial charge >= 0.3 is 0 Å².